The molecule has 1 aromatic rings. The maximum absolute atomic E-state index is 11.8. The number of nitrogen functional groups attached to an aromatic ring is 1. The molecule has 0 fully saturated rings. The molecule has 0 atom stereocenters. The third-order valence-electron chi connectivity index (χ3n) is 2.84. The molecule has 18 heavy (non-hydrogen) atoms. The molecule has 1 aliphatic carbocycles. The van der Waals surface area contributed by atoms with Crippen LogP contribution in [0.4, 0.5) is 5.69 Å². The van der Waals surface area contributed by atoms with Gasteiger partial charge in [-0.1, -0.05) is 6.07 Å². The molecule has 3 nitrogen and oxygen atoms in total. The summed E-state index contributed by atoms with van der Waals surface area (Å²) in [4.78, 5) is 24.0. The van der Waals surface area contributed by atoms with Crippen molar-refractivity contribution in [2.45, 2.75) is 18.2 Å². The van der Waals surface area contributed by atoms with Crippen molar-refractivity contribution < 1.29 is 9.59 Å². The van der Waals surface area contributed by atoms with Crippen LogP contribution in [0.15, 0.2) is 46.4 Å². The number of nitrogens with two attached hydrogens (primary N) is 1. The fraction of sp³-hybridized carbons (Fsp3) is 0.143. The monoisotopic (exact) mass is 259 g/mol. The molecule has 4 heteroatoms. The molecular formula is C14H13NO2S. The van der Waals surface area contributed by atoms with Gasteiger partial charge in [0.05, 0.1) is 0 Å². The smallest absolute Gasteiger partial charge is 0.182 e. The van der Waals surface area contributed by atoms with Gasteiger partial charge in [-0.25, -0.2) is 0 Å². The summed E-state index contributed by atoms with van der Waals surface area (Å²) in [5.74, 6) is -0.219. The molecule has 1 aromatic carbocycles. The number of anilines is 1. The molecule has 0 unspecified atom stereocenters. The Morgan fingerprint density at radius 1 is 1.17 bits per heavy atom. The zero-order chi connectivity index (χ0) is 13.3. The van der Waals surface area contributed by atoms with Crippen LogP contribution in [0, 0.1) is 0 Å². The predicted octanol–water partition coefficient (Wildman–Crippen LogP) is 2.12. The fourth-order valence-corrected chi connectivity index (χ4v) is 1.91. The first-order valence-corrected chi connectivity index (χ1v) is 5.97. The predicted molar refractivity (Wildman–Crippen MR) is 73.7 cm³/mol. The van der Waals surface area contributed by atoms with Gasteiger partial charge in [-0.15, -0.1) is 12.6 Å². The average molecular weight is 259 g/mol. The summed E-state index contributed by atoms with van der Waals surface area (Å²) in [6.45, 7) is 1.64. The van der Waals surface area contributed by atoms with Gasteiger partial charge >= 0.3 is 0 Å². The third-order valence-corrected chi connectivity index (χ3v) is 3.25. The number of hydrogen-bond donors (Lipinski definition) is 2. The minimum atomic E-state index is -0.111. The van der Waals surface area contributed by atoms with Crippen LogP contribution in [-0.4, -0.2) is 11.6 Å². The molecule has 0 radical (unpaired) electrons. The second-order valence-corrected chi connectivity index (χ2v) is 4.78. The summed E-state index contributed by atoms with van der Waals surface area (Å²) >= 11 is 4.18. The van der Waals surface area contributed by atoms with E-state index in [1.54, 1.807) is 19.1 Å². The van der Waals surface area contributed by atoms with Crippen LogP contribution < -0.4 is 5.73 Å². The van der Waals surface area contributed by atoms with Crippen LogP contribution in [0.3, 0.4) is 0 Å². The lowest BCUT2D eigenvalue weighted by Crippen LogP contribution is -2.13. The van der Waals surface area contributed by atoms with Crippen molar-refractivity contribution in [1.29, 1.82) is 0 Å². The molecule has 0 aliphatic heterocycles. The van der Waals surface area contributed by atoms with Gasteiger partial charge in [-0.2, -0.15) is 0 Å². The molecule has 0 spiro atoms. The van der Waals surface area contributed by atoms with Crippen molar-refractivity contribution in [3.05, 3.63) is 47.1 Å². The van der Waals surface area contributed by atoms with Gasteiger partial charge in [-0.3, -0.25) is 9.59 Å². The molecule has 1 aliphatic rings. The number of ketones is 2. The molecule has 0 bridgehead atoms. The molecule has 0 saturated carbocycles. The second kappa shape index (κ2) is 4.82. The van der Waals surface area contributed by atoms with Crippen LogP contribution in [0.25, 0.3) is 0 Å². The molecule has 0 heterocycles. The highest BCUT2D eigenvalue weighted by molar-refractivity contribution is 7.80. The van der Waals surface area contributed by atoms with Crippen LogP contribution in [0.5, 0.6) is 0 Å². The Hall–Kier alpha value is -1.81. The number of hydrogen-bond acceptors (Lipinski definition) is 4. The second-order valence-electron chi connectivity index (χ2n) is 4.30. The topological polar surface area (TPSA) is 60.2 Å². The highest BCUT2D eigenvalue weighted by atomic mass is 32.1. The SMILES string of the molecule is CC1=CC(=O)C(Cc2ccc(S)c(N)c2)=CC1=O. The Morgan fingerprint density at radius 2 is 1.89 bits per heavy atom. The van der Waals surface area contributed by atoms with E-state index in [1.807, 2.05) is 6.07 Å². The van der Waals surface area contributed by atoms with Gasteiger partial charge in [0.1, 0.15) is 0 Å². The van der Waals surface area contributed by atoms with Gasteiger partial charge in [0.25, 0.3) is 0 Å². The first kappa shape index (κ1) is 12.6. The van der Waals surface area contributed by atoms with Gasteiger partial charge in [-0.05, 0) is 36.8 Å². The van der Waals surface area contributed by atoms with Crippen molar-refractivity contribution in [2.75, 3.05) is 5.73 Å². The lowest BCUT2D eigenvalue weighted by Gasteiger charge is -2.10. The summed E-state index contributed by atoms with van der Waals surface area (Å²) in [5, 5.41) is 0. The van der Waals surface area contributed by atoms with Crippen LogP contribution in [-0.2, 0) is 16.0 Å². The number of thiol groups is 1. The Kier molecular flexibility index (Phi) is 3.39. The van der Waals surface area contributed by atoms with Gasteiger partial charge in [0, 0.05) is 28.1 Å². The highest BCUT2D eigenvalue weighted by Gasteiger charge is 2.17. The van der Waals surface area contributed by atoms with E-state index in [2.05, 4.69) is 12.6 Å². The largest absolute Gasteiger partial charge is 0.398 e. The Balaban J connectivity index is 2.24. The lowest BCUT2D eigenvalue weighted by atomic mass is 9.93. The highest BCUT2D eigenvalue weighted by Crippen LogP contribution is 2.21. The quantitative estimate of drug-likeness (QED) is 0.486. The van der Waals surface area contributed by atoms with E-state index in [-0.39, 0.29) is 11.6 Å². The van der Waals surface area contributed by atoms with E-state index >= 15 is 0 Å². The van der Waals surface area contributed by atoms with E-state index in [0.29, 0.717) is 28.1 Å². The van der Waals surface area contributed by atoms with Crippen molar-refractivity contribution >= 4 is 29.9 Å². The fourth-order valence-electron chi connectivity index (χ4n) is 1.78. The van der Waals surface area contributed by atoms with Gasteiger partial charge in [0.15, 0.2) is 11.6 Å². The number of carbonyl (C=O) groups excluding carboxylic acids is 2. The average Bonchev–Trinajstić information content (AvgIpc) is 2.31. The number of carbonyl (C=O) groups is 2. The van der Waals surface area contributed by atoms with Crippen molar-refractivity contribution in [3.8, 4) is 0 Å². The zero-order valence-corrected chi connectivity index (χ0v) is 10.8. The molecule has 92 valence electrons. The molecule has 0 amide bonds. The Bertz CT molecular complexity index is 600. The van der Waals surface area contributed by atoms with Crippen LogP contribution >= 0.6 is 12.6 Å². The van der Waals surface area contributed by atoms with Crippen molar-refractivity contribution in [1.82, 2.24) is 0 Å². The van der Waals surface area contributed by atoms with E-state index in [1.165, 1.54) is 12.2 Å². The van der Waals surface area contributed by atoms with E-state index in [0.717, 1.165) is 5.56 Å². The molecule has 2 N–H and O–H groups in total. The summed E-state index contributed by atoms with van der Waals surface area (Å²) in [6.07, 6.45) is 3.20. The normalized spacial score (nSPS) is 15.4. The van der Waals surface area contributed by atoms with Crippen LogP contribution in [0.1, 0.15) is 12.5 Å². The van der Waals surface area contributed by atoms with E-state index in [4.69, 9.17) is 5.73 Å². The summed E-state index contributed by atoms with van der Waals surface area (Å²) in [7, 11) is 0. The molecule has 0 saturated heterocycles. The standard InChI is InChI=1S/C14H13NO2S/c1-8-4-13(17)10(7-12(8)16)5-9-2-3-14(18)11(15)6-9/h2-4,6-7,18H,5,15H2,1H3. The van der Waals surface area contributed by atoms with E-state index in [9.17, 15) is 9.59 Å². The zero-order valence-electron chi connectivity index (χ0n) is 9.93. The van der Waals surface area contributed by atoms with Crippen molar-refractivity contribution in [2.24, 2.45) is 0 Å². The minimum absolute atomic E-state index is 0.108. The van der Waals surface area contributed by atoms with E-state index < -0.39 is 0 Å². The summed E-state index contributed by atoms with van der Waals surface area (Å²) in [5.41, 5.74) is 8.19. The number of rotatable bonds is 2. The van der Waals surface area contributed by atoms with Crippen molar-refractivity contribution in [3.63, 3.8) is 0 Å². The number of benzene rings is 1. The molecule has 0 aromatic heterocycles. The molecule has 2 rings (SSSR count). The van der Waals surface area contributed by atoms with Crippen LogP contribution in [0.2, 0.25) is 0 Å². The third kappa shape index (κ3) is 2.54. The minimum Gasteiger partial charge on any atom is -0.398 e. The maximum atomic E-state index is 11.8. The lowest BCUT2D eigenvalue weighted by molar-refractivity contribution is -0.115. The molecular weight excluding hydrogens is 246 g/mol. The van der Waals surface area contributed by atoms with Gasteiger partial charge in [0.2, 0.25) is 0 Å². The first-order valence-electron chi connectivity index (χ1n) is 5.52. The maximum Gasteiger partial charge on any atom is 0.182 e. The Morgan fingerprint density at radius 3 is 2.56 bits per heavy atom. The number of allylic oxidation sites excluding steroid dienone is 4. The first-order chi connectivity index (χ1) is 8.47. The Labute approximate surface area is 111 Å². The van der Waals surface area contributed by atoms with Gasteiger partial charge < -0.3 is 5.73 Å². The summed E-state index contributed by atoms with van der Waals surface area (Å²) < 4.78 is 0. The summed E-state index contributed by atoms with van der Waals surface area (Å²) in [6, 6.07) is 5.40.